The zero-order valence-corrected chi connectivity index (χ0v) is 11.3. The highest BCUT2D eigenvalue weighted by Gasteiger charge is 2.15. The number of carbonyl (C=O) groups is 2. The van der Waals surface area contributed by atoms with Crippen molar-refractivity contribution in [3.63, 3.8) is 0 Å². The van der Waals surface area contributed by atoms with Crippen LogP contribution < -0.4 is 16.8 Å². The molecule has 0 heterocycles. The van der Waals surface area contributed by atoms with Crippen LogP contribution in [0.25, 0.3) is 0 Å². The zero-order chi connectivity index (χ0) is 13.7. The molecule has 0 aliphatic rings. The Labute approximate surface area is 116 Å². The van der Waals surface area contributed by atoms with Gasteiger partial charge in [-0.2, -0.15) is 0 Å². The normalized spacial score (nSPS) is 11.3. The van der Waals surface area contributed by atoms with E-state index in [1.807, 2.05) is 6.92 Å². The SMILES string of the molecule is CCCC(N)C(=O)Nc1cc(C(N)=O)ccc1F.Cl. The van der Waals surface area contributed by atoms with Gasteiger partial charge in [0, 0.05) is 5.56 Å². The number of anilines is 1. The van der Waals surface area contributed by atoms with Crippen LogP contribution in [0.1, 0.15) is 30.1 Å². The third kappa shape index (κ3) is 4.84. The van der Waals surface area contributed by atoms with Crippen LogP contribution >= 0.6 is 12.4 Å². The first kappa shape index (κ1) is 17.3. The van der Waals surface area contributed by atoms with Crippen molar-refractivity contribution in [2.24, 2.45) is 11.5 Å². The number of halogens is 2. The van der Waals surface area contributed by atoms with Gasteiger partial charge >= 0.3 is 0 Å². The molecule has 0 fully saturated rings. The molecule has 5 N–H and O–H groups in total. The van der Waals surface area contributed by atoms with Crippen molar-refractivity contribution in [3.8, 4) is 0 Å². The average Bonchev–Trinajstić information content (AvgIpc) is 2.31. The van der Waals surface area contributed by atoms with Crippen LogP contribution in [-0.4, -0.2) is 17.9 Å². The average molecular weight is 290 g/mol. The van der Waals surface area contributed by atoms with Gasteiger partial charge in [0.2, 0.25) is 11.8 Å². The minimum atomic E-state index is -0.702. The molecule has 0 saturated heterocycles. The standard InChI is InChI=1S/C12H16FN3O2.ClH/c1-2-3-9(14)12(18)16-10-6-7(11(15)17)4-5-8(10)13;/h4-6,9H,2-3,14H2,1H3,(H2,15,17)(H,16,18);1H. The summed E-state index contributed by atoms with van der Waals surface area (Å²) < 4.78 is 13.4. The first-order chi connectivity index (χ1) is 8.45. The van der Waals surface area contributed by atoms with Crippen LogP contribution in [0.15, 0.2) is 18.2 Å². The Kier molecular flexibility index (Phi) is 7.03. The largest absolute Gasteiger partial charge is 0.366 e. The van der Waals surface area contributed by atoms with Gasteiger partial charge in [-0.3, -0.25) is 9.59 Å². The molecule has 0 aromatic heterocycles. The van der Waals surface area contributed by atoms with E-state index in [1.54, 1.807) is 0 Å². The Morgan fingerprint density at radius 3 is 2.58 bits per heavy atom. The summed E-state index contributed by atoms with van der Waals surface area (Å²) in [4.78, 5) is 22.6. The molecule has 0 bridgehead atoms. The molecule has 1 unspecified atom stereocenters. The van der Waals surface area contributed by atoms with Gasteiger partial charge in [-0.15, -0.1) is 12.4 Å². The smallest absolute Gasteiger partial charge is 0.248 e. The number of benzene rings is 1. The van der Waals surface area contributed by atoms with Crippen molar-refractivity contribution < 1.29 is 14.0 Å². The molecule has 1 atom stereocenters. The summed E-state index contributed by atoms with van der Waals surface area (Å²) in [6, 6.07) is 2.81. The monoisotopic (exact) mass is 289 g/mol. The van der Waals surface area contributed by atoms with E-state index in [1.165, 1.54) is 12.1 Å². The molecular weight excluding hydrogens is 273 g/mol. The van der Waals surface area contributed by atoms with Gasteiger partial charge in [-0.25, -0.2) is 4.39 Å². The quantitative estimate of drug-likeness (QED) is 0.764. The molecule has 106 valence electrons. The second-order valence-corrected chi connectivity index (χ2v) is 3.94. The van der Waals surface area contributed by atoms with Crippen molar-refractivity contribution in [2.45, 2.75) is 25.8 Å². The molecule has 0 spiro atoms. The summed E-state index contributed by atoms with van der Waals surface area (Å²) >= 11 is 0. The Morgan fingerprint density at radius 2 is 2.05 bits per heavy atom. The van der Waals surface area contributed by atoms with Crippen LogP contribution in [-0.2, 0) is 4.79 Å². The number of nitrogens with two attached hydrogens (primary N) is 2. The number of hydrogen-bond donors (Lipinski definition) is 3. The van der Waals surface area contributed by atoms with Gasteiger partial charge in [0.25, 0.3) is 0 Å². The summed E-state index contributed by atoms with van der Waals surface area (Å²) in [5.41, 5.74) is 10.7. The lowest BCUT2D eigenvalue weighted by Crippen LogP contribution is -2.35. The highest BCUT2D eigenvalue weighted by Crippen LogP contribution is 2.16. The summed E-state index contributed by atoms with van der Waals surface area (Å²) in [6.07, 6.45) is 1.25. The fourth-order valence-electron chi connectivity index (χ4n) is 1.44. The lowest BCUT2D eigenvalue weighted by atomic mass is 10.1. The van der Waals surface area contributed by atoms with Crippen LogP contribution in [0, 0.1) is 5.82 Å². The van der Waals surface area contributed by atoms with Crippen molar-refractivity contribution in [3.05, 3.63) is 29.6 Å². The Hall–Kier alpha value is -1.66. The predicted octanol–water partition coefficient (Wildman–Crippen LogP) is 1.41. The lowest BCUT2D eigenvalue weighted by Gasteiger charge is -2.12. The molecule has 0 aliphatic carbocycles. The highest BCUT2D eigenvalue weighted by molar-refractivity contribution is 5.98. The van der Waals surface area contributed by atoms with Crippen LogP contribution in [0.2, 0.25) is 0 Å². The first-order valence-corrected chi connectivity index (χ1v) is 5.61. The van der Waals surface area contributed by atoms with Crippen molar-refractivity contribution in [1.29, 1.82) is 0 Å². The Bertz CT molecular complexity index is 468. The van der Waals surface area contributed by atoms with Gasteiger partial charge in [0.05, 0.1) is 11.7 Å². The van der Waals surface area contributed by atoms with Crippen molar-refractivity contribution in [2.75, 3.05) is 5.32 Å². The minimum absolute atomic E-state index is 0. The van der Waals surface area contributed by atoms with Gasteiger partial charge in [-0.05, 0) is 24.6 Å². The zero-order valence-electron chi connectivity index (χ0n) is 10.5. The van der Waals surface area contributed by atoms with Crippen molar-refractivity contribution >= 4 is 29.9 Å². The van der Waals surface area contributed by atoms with Gasteiger partial charge < -0.3 is 16.8 Å². The Morgan fingerprint density at radius 1 is 1.42 bits per heavy atom. The first-order valence-electron chi connectivity index (χ1n) is 5.61. The number of rotatable bonds is 5. The fraction of sp³-hybridized carbons (Fsp3) is 0.333. The molecule has 1 rings (SSSR count). The second-order valence-electron chi connectivity index (χ2n) is 3.94. The highest BCUT2D eigenvalue weighted by atomic mass is 35.5. The summed E-state index contributed by atoms with van der Waals surface area (Å²) in [5, 5.41) is 2.34. The molecule has 1 aromatic carbocycles. The molecular formula is C12H17ClFN3O2. The minimum Gasteiger partial charge on any atom is -0.366 e. The third-order valence-electron chi connectivity index (χ3n) is 2.45. The van der Waals surface area contributed by atoms with E-state index in [4.69, 9.17) is 11.5 Å². The predicted molar refractivity (Wildman–Crippen MR) is 73.7 cm³/mol. The maximum atomic E-state index is 13.4. The molecule has 5 nitrogen and oxygen atoms in total. The van der Waals surface area contributed by atoms with E-state index >= 15 is 0 Å². The van der Waals surface area contributed by atoms with E-state index in [0.29, 0.717) is 6.42 Å². The van der Waals surface area contributed by atoms with Crippen LogP contribution in [0.4, 0.5) is 10.1 Å². The molecule has 1 aromatic rings. The van der Waals surface area contributed by atoms with Gasteiger partial charge in [-0.1, -0.05) is 13.3 Å². The Balaban J connectivity index is 0.00000324. The number of hydrogen-bond acceptors (Lipinski definition) is 3. The molecule has 0 radical (unpaired) electrons. The summed E-state index contributed by atoms with van der Waals surface area (Å²) in [7, 11) is 0. The number of nitrogens with one attached hydrogen (secondary N) is 1. The van der Waals surface area contributed by atoms with Crippen LogP contribution in [0.3, 0.4) is 0 Å². The molecule has 0 aliphatic heterocycles. The molecule has 0 saturated carbocycles. The van der Waals surface area contributed by atoms with Crippen LogP contribution in [0.5, 0.6) is 0 Å². The van der Waals surface area contributed by atoms with Crippen molar-refractivity contribution in [1.82, 2.24) is 0 Å². The van der Waals surface area contributed by atoms with E-state index in [0.717, 1.165) is 12.5 Å². The molecule has 7 heteroatoms. The van der Waals surface area contributed by atoms with Gasteiger partial charge in [0.15, 0.2) is 0 Å². The molecule has 19 heavy (non-hydrogen) atoms. The summed E-state index contributed by atoms with van der Waals surface area (Å²) in [5.74, 6) is -1.82. The van der Waals surface area contributed by atoms with E-state index < -0.39 is 23.7 Å². The van der Waals surface area contributed by atoms with E-state index in [9.17, 15) is 14.0 Å². The maximum Gasteiger partial charge on any atom is 0.248 e. The molecule has 2 amide bonds. The maximum absolute atomic E-state index is 13.4. The fourth-order valence-corrected chi connectivity index (χ4v) is 1.44. The number of primary amides is 1. The number of amides is 2. The lowest BCUT2D eigenvalue weighted by molar-refractivity contribution is -0.117. The van der Waals surface area contributed by atoms with E-state index in [-0.39, 0.29) is 23.7 Å². The number of carbonyl (C=O) groups excluding carboxylic acids is 2. The second kappa shape index (κ2) is 7.70. The topological polar surface area (TPSA) is 98.2 Å². The van der Waals surface area contributed by atoms with Gasteiger partial charge in [0.1, 0.15) is 5.82 Å². The van der Waals surface area contributed by atoms with E-state index in [2.05, 4.69) is 5.32 Å². The third-order valence-corrected chi connectivity index (χ3v) is 2.45. The summed E-state index contributed by atoms with van der Waals surface area (Å²) in [6.45, 7) is 1.89.